The number of carbonyl (C=O) groups excluding carboxylic acids is 1. The highest BCUT2D eigenvalue weighted by Gasteiger charge is 2.23. The van der Waals surface area contributed by atoms with Crippen LogP contribution in [-0.4, -0.2) is 43.4 Å². The van der Waals surface area contributed by atoms with Crippen LogP contribution in [0.4, 0.5) is 5.69 Å². The third-order valence-corrected chi connectivity index (χ3v) is 3.87. The van der Waals surface area contributed by atoms with Crippen molar-refractivity contribution in [3.8, 4) is 0 Å². The zero-order valence-electron chi connectivity index (χ0n) is 10.9. The smallest absolute Gasteiger partial charge is 0.152 e. The van der Waals surface area contributed by atoms with Gasteiger partial charge in [0.15, 0.2) is 6.29 Å². The number of hydrogen-bond acceptors (Lipinski definition) is 3. The molecule has 2 rings (SSSR count). The highest BCUT2D eigenvalue weighted by atomic mass is 35.5. The Hall–Kier alpha value is -1.06. The fourth-order valence-electron chi connectivity index (χ4n) is 2.57. The molecule has 1 aliphatic heterocycles. The summed E-state index contributed by atoms with van der Waals surface area (Å²) in [5.74, 6) is 0. The number of anilines is 1. The van der Waals surface area contributed by atoms with Crippen molar-refractivity contribution < 1.29 is 4.79 Å². The first-order chi connectivity index (χ1) is 8.65. The monoisotopic (exact) mass is 266 g/mol. The first-order valence-corrected chi connectivity index (χ1v) is 6.77. The van der Waals surface area contributed by atoms with Gasteiger partial charge in [0.25, 0.3) is 0 Å². The molecule has 0 saturated carbocycles. The third-order valence-electron chi connectivity index (χ3n) is 3.63. The molecule has 1 heterocycles. The summed E-state index contributed by atoms with van der Waals surface area (Å²) in [6.45, 7) is 8.39. The molecule has 1 unspecified atom stereocenters. The number of aldehydes is 1. The molecule has 4 heteroatoms. The number of carbonyl (C=O) groups is 1. The van der Waals surface area contributed by atoms with Gasteiger partial charge in [-0.15, -0.1) is 0 Å². The van der Waals surface area contributed by atoms with Crippen molar-refractivity contribution in [1.29, 1.82) is 0 Å². The molecule has 1 atom stereocenters. The molecule has 0 aliphatic carbocycles. The second-order valence-corrected chi connectivity index (χ2v) is 5.18. The minimum absolute atomic E-state index is 0.502. The number of halogens is 1. The number of likely N-dealkylation sites (N-methyl/N-ethyl adjacent to an activating group) is 1. The average molecular weight is 267 g/mol. The van der Waals surface area contributed by atoms with Crippen molar-refractivity contribution >= 4 is 23.6 Å². The molecule has 1 fully saturated rings. The van der Waals surface area contributed by atoms with E-state index in [9.17, 15) is 4.79 Å². The van der Waals surface area contributed by atoms with Crippen molar-refractivity contribution in [1.82, 2.24) is 4.90 Å². The lowest BCUT2D eigenvalue weighted by Gasteiger charge is -2.41. The van der Waals surface area contributed by atoms with Crippen LogP contribution in [0, 0.1) is 0 Å². The summed E-state index contributed by atoms with van der Waals surface area (Å²) in [5.41, 5.74) is 1.68. The predicted molar refractivity (Wildman–Crippen MR) is 75.8 cm³/mol. The van der Waals surface area contributed by atoms with E-state index in [1.54, 1.807) is 12.1 Å². The van der Waals surface area contributed by atoms with E-state index in [4.69, 9.17) is 11.6 Å². The summed E-state index contributed by atoms with van der Waals surface area (Å²) in [5, 5.41) is 0.682. The van der Waals surface area contributed by atoms with Crippen LogP contribution in [0.2, 0.25) is 5.02 Å². The second kappa shape index (κ2) is 5.72. The van der Waals surface area contributed by atoms with Crippen LogP contribution in [0.15, 0.2) is 18.2 Å². The van der Waals surface area contributed by atoms with Crippen molar-refractivity contribution in [2.45, 2.75) is 19.9 Å². The molecule has 0 aromatic heterocycles. The van der Waals surface area contributed by atoms with Gasteiger partial charge in [0, 0.05) is 41.9 Å². The van der Waals surface area contributed by atoms with Gasteiger partial charge in [0.05, 0.1) is 0 Å². The van der Waals surface area contributed by atoms with Crippen LogP contribution >= 0.6 is 11.6 Å². The van der Waals surface area contributed by atoms with Gasteiger partial charge in [-0.05, 0) is 31.7 Å². The molecule has 1 aromatic carbocycles. The van der Waals surface area contributed by atoms with E-state index in [1.807, 2.05) is 6.07 Å². The van der Waals surface area contributed by atoms with E-state index in [-0.39, 0.29) is 0 Å². The molecule has 18 heavy (non-hydrogen) atoms. The fraction of sp³-hybridized carbons (Fsp3) is 0.500. The number of hydrogen-bond donors (Lipinski definition) is 0. The van der Waals surface area contributed by atoms with Crippen LogP contribution in [0.5, 0.6) is 0 Å². The van der Waals surface area contributed by atoms with Gasteiger partial charge < -0.3 is 4.90 Å². The Morgan fingerprint density at radius 1 is 1.44 bits per heavy atom. The highest BCUT2D eigenvalue weighted by molar-refractivity contribution is 6.31. The van der Waals surface area contributed by atoms with E-state index in [0.717, 1.165) is 43.7 Å². The zero-order valence-corrected chi connectivity index (χ0v) is 11.7. The van der Waals surface area contributed by atoms with Crippen LogP contribution in [0.1, 0.15) is 24.2 Å². The van der Waals surface area contributed by atoms with E-state index >= 15 is 0 Å². The largest absolute Gasteiger partial charge is 0.368 e. The highest BCUT2D eigenvalue weighted by Crippen LogP contribution is 2.26. The lowest BCUT2D eigenvalue weighted by atomic mass is 10.1. The summed E-state index contributed by atoms with van der Waals surface area (Å²) >= 11 is 6.03. The van der Waals surface area contributed by atoms with Gasteiger partial charge in [0.2, 0.25) is 0 Å². The van der Waals surface area contributed by atoms with Crippen LogP contribution < -0.4 is 4.90 Å². The maximum Gasteiger partial charge on any atom is 0.152 e. The maximum atomic E-state index is 11.1. The molecule has 0 spiro atoms. The van der Waals surface area contributed by atoms with Crippen molar-refractivity contribution in [3.05, 3.63) is 28.8 Å². The Kier molecular flexibility index (Phi) is 4.25. The third kappa shape index (κ3) is 2.68. The Morgan fingerprint density at radius 2 is 2.22 bits per heavy atom. The lowest BCUT2D eigenvalue weighted by Crippen LogP contribution is -2.51. The minimum Gasteiger partial charge on any atom is -0.368 e. The van der Waals surface area contributed by atoms with Crippen LogP contribution in [0.3, 0.4) is 0 Å². The molecule has 1 aliphatic rings. The standard InChI is InChI=1S/C14H19ClN2O/c1-3-16-6-7-17(9-11(16)2)14-8-13(15)5-4-12(14)10-18/h4-5,8,10-11H,3,6-7,9H2,1-2H3. The molecular weight excluding hydrogens is 248 g/mol. The summed E-state index contributed by atoms with van der Waals surface area (Å²) in [4.78, 5) is 15.8. The fourth-order valence-corrected chi connectivity index (χ4v) is 2.74. The number of benzene rings is 1. The molecule has 0 N–H and O–H groups in total. The maximum absolute atomic E-state index is 11.1. The number of piperazine rings is 1. The first-order valence-electron chi connectivity index (χ1n) is 6.39. The van der Waals surface area contributed by atoms with Crippen LogP contribution in [0.25, 0.3) is 0 Å². The summed E-state index contributed by atoms with van der Waals surface area (Å²) in [7, 11) is 0. The summed E-state index contributed by atoms with van der Waals surface area (Å²) < 4.78 is 0. The summed E-state index contributed by atoms with van der Waals surface area (Å²) in [6, 6.07) is 5.95. The second-order valence-electron chi connectivity index (χ2n) is 4.74. The minimum atomic E-state index is 0.502. The van der Waals surface area contributed by atoms with Crippen molar-refractivity contribution in [2.75, 3.05) is 31.1 Å². The molecule has 1 aromatic rings. The quantitative estimate of drug-likeness (QED) is 0.786. The van der Waals surface area contributed by atoms with Crippen LogP contribution in [-0.2, 0) is 0 Å². The Labute approximate surface area is 113 Å². The normalized spacial score (nSPS) is 21.1. The SMILES string of the molecule is CCN1CCN(c2cc(Cl)ccc2C=O)CC1C. The van der Waals surface area contributed by atoms with Gasteiger partial charge in [0.1, 0.15) is 0 Å². The lowest BCUT2D eigenvalue weighted by molar-refractivity contribution is 0.112. The van der Waals surface area contributed by atoms with Gasteiger partial charge in [-0.2, -0.15) is 0 Å². The van der Waals surface area contributed by atoms with Gasteiger partial charge in [-0.1, -0.05) is 18.5 Å². The van der Waals surface area contributed by atoms with Gasteiger partial charge >= 0.3 is 0 Å². The molecule has 0 amide bonds. The number of nitrogens with zero attached hydrogens (tertiary/aromatic N) is 2. The molecule has 1 saturated heterocycles. The van der Waals surface area contributed by atoms with Crippen molar-refractivity contribution in [3.63, 3.8) is 0 Å². The molecule has 0 radical (unpaired) electrons. The zero-order chi connectivity index (χ0) is 13.1. The van der Waals surface area contributed by atoms with Crippen molar-refractivity contribution in [2.24, 2.45) is 0 Å². The van der Waals surface area contributed by atoms with Gasteiger partial charge in [-0.25, -0.2) is 0 Å². The Morgan fingerprint density at radius 3 is 2.83 bits per heavy atom. The molecule has 0 bridgehead atoms. The first kappa shape index (κ1) is 13.4. The van der Waals surface area contributed by atoms with E-state index < -0.39 is 0 Å². The molecular formula is C14H19ClN2O. The molecule has 3 nitrogen and oxygen atoms in total. The average Bonchev–Trinajstić information content (AvgIpc) is 2.38. The Bertz CT molecular complexity index is 436. The topological polar surface area (TPSA) is 23.6 Å². The molecule has 98 valence electrons. The predicted octanol–water partition coefficient (Wildman–Crippen LogP) is 2.68. The van der Waals surface area contributed by atoms with E-state index in [2.05, 4.69) is 23.6 Å². The van der Waals surface area contributed by atoms with Gasteiger partial charge in [-0.3, -0.25) is 9.69 Å². The summed E-state index contributed by atoms with van der Waals surface area (Å²) in [6.07, 6.45) is 0.905. The van der Waals surface area contributed by atoms with E-state index in [0.29, 0.717) is 11.1 Å². The Balaban J connectivity index is 2.22. The van der Waals surface area contributed by atoms with E-state index in [1.165, 1.54) is 0 Å². The number of rotatable bonds is 3.